The predicted molar refractivity (Wildman–Crippen MR) is 56.6 cm³/mol. The summed E-state index contributed by atoms with van der Waals surface area (Å²) in [5, 5.41) is 0. The fourth-order valence-corrected chi connectivity index (χ4v) is 0.594. The van der Waals surface area contributed by atoms with Gasteiger partial charge >= 0.3 is 0 Å². The fourth-order valence-electron chi connectivity index (χ4n) is 0.594. The second-order valence-corrected chi connectivity index (χ2v) is 2.10. The van der Waals surface area contributed by atoms with Gasteiger partial charge in [-0.3, -0.25) is 0 Å². The first-order chi connectivity index (χ1) is 5.66. The van der Waals surface area contributed by atoms with Gasteiger partial charge in [0.15, 0.2) is 0 Å². The molecule has 12 heavy (non-hydrogen) atoms. The summed E-state index contributed by atoms with van der Waals surface area (Å²) >= 11 is 0. The average molecular weight is 168 g/mol. The molecule has 0 rings (SSSR count). The third-order valence-corrected chi connectivity index (χ3v) is 0.930. The molecular weight excluding hydrogens is 148 g/mol. The van der Waals surface area contributed by atoms with E-state index in [-0.39, 0.29) is 0 Å². The van der Waals surface area contributed by atoms with Crippen molar-refractivity contribution in [2.75, 3.05) is 6.54 Å². The molecule has 2 nitrogen and oxygen atoms in total. The zero-order chi connectivity index (χ0) is 9.98. The number of hydrogen-bond donors (Lipinski definition) is 2. The zero-order valence-corrected chi connectivity index (χ0v) is 8.30. The van der Waals surface area contributed by atoms with E-state index in [1.54, 1.807) is 6.08 Å². The topological polar surface area (TPSA) is 52.0 Å². The van der Waals surface area contributed by atoms with E-state index >= 15 is 0 Å². The van der Waals surface area contributed by atoms with E-state index in [4.69, 9.17) is 11.5 Å². The maximum atomic E-state index is 5.33. The Kier molecular flexibility index (Phi) is 11.3. The number of rotatable bonds is 3. The SMILES string of the molecule is C=C(N)/C=C(C)\C=C/CN.CC. The summed E-state index contributed by atoms with van der Waals surface area (Å²) in [5.41, 5.74) is 12.2. The van der Waals surface area contributed by atoms with Gasteiger partial charge in [-0.25, -0.2) is 0 Å². The molecule has 0 atom stereocenters. The van der Waals surface area contributed by atoms with Crippen LogP contribution in [0.1, 0.15) is 20.8 Å². The van der Waals surface area contributed by atoms with Gasteiger partial charge in [0, 0.05) is 12.2 Å². The number of hydrogen-bond acceptors (Lipinski definition) is 2. The minimum atomic E-state index is 0.558. The molecule has 0 unspecified atom stereocenters. The lowest BCUT2D eigenvalue weighted by Crippen LogP contribution is -1.93. The van der Waals surface area contributed by atoms with Crippen LogP contribution in [-0.2, 0) is 0 Å². The molecule has 0 radical (unpaired) electrons. The maximum Gasteiger partial charge on any atom is 0.0243 e. The molecule has 0 heterocycles. The normalized spacial score (nSPS) is 10.8. The average Bonchev–Trinajstić information content (AvgIpc) is 2.03. The summed E-state index contributed by atoms with van der Waals surface area (Å²) in [6.07, 6.45) is 5.58. The third kappa shape index (κ3) is 11.7. The van der Waals surface area contributed by atoms with Crippen LogP contribution in [0.25, 0.3) is 0 Å². The molecule has 0 aromatic carbocycles. The van der Waals surface area contributed by atoms with Crippen LogP contribution in [0.4, 0.5) is 0 Å². The Morgan fingerprint density at radius 3 is 2.25 bits per heavy atom. The highest BCUT2D eigenvalue weighted by Crippen LogP contribution is 1.96. The molecule has 0 fully saturated rings. The van der Waals surface area contributed by atoms with Crippen LogP contribution in [0.5, 0.6) is 0 Å². The summed E-state index contributed by atoms with van der Waals surface area (Å²) in [5.74, 6) is 0. The monoisotopic (exact) mass is 168 g/mol. The Morgan fingerprint density at radius 2 is 1.92 bits per heavy atom. The molecule has 0 saturated carbocycles. The first-order valence-electron chi connectivity index (χ1n) is 4.16. The first-order valence-corrected chi connectivity index (χ1v) is 4.16. The van der Waals surface area contributed by atoms with Gasteiger partial charge in [0.05, 0.1) is 0 Å². The lowest BCUT2D eigenvalue weighted by atomic mass is 10.2. The van der Waals surface area contributed by atoms with Crippen molar-refractivity contribution in [3.05, 3.63) is 36.1 Å². The quantitative estimate of drug-likeness (QED) is 0.633. The van der Waals surface area contributed by atoms with Gasteiger partial charge in [-0.15, -0.1) is 0 Å². The van der Waals surface area contributed by atoms with Crippen LogP contribution in [-0.4, -0.2) is 6.54 Å². The first kappa shape index (κ1) is 13.6. The van der Waals surface area contributed by atoms with E-state index in [0.717, 1.165) is 5.57 Å². The van der Waals surface area contributed by atoms with Crippen LogP contribution in [0.2, 0.25) is 0 Å². The smallest absolute Gasteiger partial charge is 0.0243 e. The van der Waals surface area contributed by atoms with Gasteiger partial charge in [0.1, 0.15) is 0 Å². The molecule has 0 amide bonds. The van der Waals surface area contributed by atoms with Gasteiger partial charge in [-0.05, 0) is 18.6 Å². The molecule has 4 N–H and O–H groups in total. The Morgan fingerprint density at radius 1 is 1.42 bits per heavy atom. The van der Waals surface area contributed by atoms with Crippen molar-refractivity contribution in [3.8, 4) is 0 Å². The van der Waals surface area contributed by atoms with Crippen molar-refractivity contribution >= 4 is 0 Å². The summed E-state index contributed by atoms with van der Waals surface area (Å²) in [6, 6.07) is 0. The summed E-state index contributed by atoms with van der Waals surface area (Å²) in [7, 11) is 0. The van der Waals surface area contributed by atoms with E-state index in [9.17, 15) is 0 Å². The van der Waals surface area contributed by atoms with E-state index in [1.807, 2.05) is 32.9 Å². The minimum absolute atomic E-state index is 0.558. The lowest BCUT2D eigenvalue weighted by Gasteiger charge is -1.90. The molecule has 0 aromatic heterocycles. The highest BCUT2D eigenvalue weighted by Gasteiger charge is 1.80. The summed E-state index contributed by atoms with van der Waals surface area (Å²) in [4.78, 5) is 0. The molecule has 0 aliphatic rings. The highest BCUT2D eigenvalue weighted by molar-refractivity contribution is 5.24. The van der Waals surface area contributed by atoms with Gasteiger partial charge in [0.2, 0.25) is 0 Å². The Hall–Kier alpha value is -1.02. The van der Waals surface area contributed by atoms with Gasteiger partial charge in [0.25, 0.3) is 0 Å². The summed E-state index contributed by atoms with van der Waals surface area (Å²) in [6.45, 7) is 10.0. The van der Waals surface area contributed by atoms with E-state index in [1.165, 1.54) is 0 Å². The Labute approximate surface area is 75.6 Å². The van der Waals surface area contributed by atoms with Crippen molar-refractivity contribution in [2.24, 2.45) is 11.5 Å². The second kappa shape index (κ2) is 9.98. The van der Waals surface area contributed by atoms with Crippen molar-refractivity contribution < 1.29 is 0 Å². The fraction of sp³-hybridized carbons (Fsp3) is 0.400. The number of allylic oxidation sites excluding steroid dienone is 3. The molecule has 0 saturated heterocycles. The van der Waals surface area contributed by atoms with Crippen molar-refractivity contribution in [1.29, 1.82) is 0 Å². The van der Waals surface area contributed by atoms with Crippen LogP contribution in [0, 0.1) is 0 Å². The van der Waals surface area contributed by atoms with Crippen LogP contribution in [0.15, 0.2) is 36.1 Å². The third-order valence-electron chi connectivity index (χ3n) is 0.930. The van der Waals surface area contributed by atoms with Crippen molar-refractivity contribution in [3.63, 3.8) is 0 Å². The molecule has 0 aromatic rings. The van der Waals surface area contributed by atoms with Gasteiger partial charge in [-0.1, -0.05) is 32.6 Å². The van der Waals surface area contributed by atoms with Gasteiger partial charge in [-0.2, -0.15) is 0 Å². The molecule has 70 valence electrons. The van der Waals surface area contributed by atoms with E-state index in [2.05, 4.69) is 6.58 Å². The Balaban J connectivity index is 0. The predicted octanol–water partition coefficient (Wildman–Crippen LogP) is 1.95. The molecule has 0 aliphatic carbocycles. The standard InChI is InChI=1S/C8H14N2.C2H6/c1-7(4-3-5-9)6-8(2)10;1-2/h3-4,6H,2,5,9-10H2,1H3;1-2H3/b4-3-,7-6-;. The molecular formula is C10H20N2. The zero-order valence-electron chi connectivity index (χ0n) is 8.30. The van der Waals surface area contributed by atoms with Gasteiger partial charge < -0.3 is 11.5 Å². The van der Waals surface area contributed by atoms with Crippen LogP contribution >= 0.6 is 0 Å². The van der Waals surface area contributed by atoms with E-state index < -0.39 is 0 Å². The lowest BCUT2D eigenvalue weighted by molar-refractivity contribution is 1.24. The van der Waals surface area contributed by atoms with Crippen LogP contribution < -0.4 is 11.5 Å². The number of nitrogens with two attached hydrogens (primary N) is 2. The largest absolute Gasteiger partial charge is 0.399 e. The minimum Gasteiger partial charge on any atom is -0.399 e. The molecule has 0 aliphatic heterocycles. The Bertz CT molecular complexity index is 167. The highest BCUT2D eigenvalue weighted by atomic mass is 14.5. The summed E-state index contributed by atoms with van der Waals surface area (Å²) < 4.78 is 0. The molecule has 2 heteroatoms. The van der Waals surface area contributed by atoms with Crippen molar-refractivity contribution in [2.45, 2.75) is 20.8 Å². The molecule has 0 bridgehead atoms. The molecule has 0 spiro atoms. The maximum absolute atomic E-state index is 5.33. The van der Waals surface area contributed by atoms with Crippen molar-refractivity contribution in [1.82, 2.24) is 0 Å². The second-order valence-electron chi connectivity index (χ2n) is 2.10. The van der Waals surface area contributed by atoms with E-state index in [0.29, 0.717) is 12.2 Å². The van der Waals surface area contributed by atoms with Crippen LogP contribution in [0.3, 0.4) is 0 Å².